The number of ether oxygens (including phenoxy) is 1. The largest absolute Gasteiger partial charge is 0.394 e. The molecule has 4 heteroatoms. The number of likely N-dealkylation sites (tertiary alicyclic amines) is 1. The Labute approximate surface area is 99.0 Å². The molecule has 0 aromatic heterocycles. The van der Waals surface area contributed by atoms with E-state index >= 15 is 0 Å². The molecule has 0 bridgehead atoms. The zero-order valence-electron chi connectivity index (χ0n) is 10.5. The van der Waals surface area contributed by atoms with Crippen LogP contribution >= 0.6 is 0 Å². The number of nitrogens with one attached hydrogen (secondary N) is 1. The first-order valence-electron chi connectivity index (χ1n) is 6.42. The molecule has 0 aliphatic carbocycles. The summed E-state index contributed by atoms with van der Waals surface area (Å²) in [5, 5.41) is 11.8. The first kappa shape index (κ1) is 13.9. The molecular formula is C12H26N2O2. The number of hydrogen-bond donors (Lipinski definition) is 2. The highest BCUT2D eigenvalue weighted by Crippen LogP contribution is 2.19. The van der Waals surface area contributed by atoms with Crippen molar-refractivity contribution in [2.45, 2.75) is 19.3 Å². The topological polar surface area (TPSA) is 44.7 Å². The summed E-state index contributed by atoms with van der Waals surface area (Å²) in [4.78, 5) is 2.47. The summed E-state index contributed by atoms with van der Waals surface area (Å²) in [5.74, 6) is 0.905. The second kappa shape index (κ2) is 8.93. The minimum atomic E-state index is 0.131. The van der Waals surface area contributed by atoms with E-state index in [1.54, 1.807) is 0 Å². The van der Waals surface area contributed by atoms with Crippen LogP contribution in [0.1, 0.15) is 19.3 Å². The zero-order chi connectivity index (χ0) is 11.6. The Hall–Kier alpha value is -0.160. The maximum Gasteiger partial charge on any atom is 0.0698 e. The van der Waals surface area contributed by atoms with Crippen molar-refractivity contribution in [3.63, 3.8) is 0 Å². The van der Waals surface area contributed by atoms with Crippen molar-refractivity contribution in [2.75, 3.05) is 53.0 Å². The van der Waals surface area contributed by atoms with E-state index in [2.05, 4.69) is 10.2 Å². The second-order valence-electron chi connectivity index (χ2n) is 4.51. The standard InChI is InChI=1S/C12H26N2O2/c1-13-5-2-12-3-6-14(7-4-12)8-10-16-11-9-15/h12-13,15H,2-11H2,1H3. The third-order valence-corrected chi connectivity index (χ3v) is 3.30. The van der Waals surface area contributed by atoms with Crippen molar-refractivity contribution in [1.82, 2.24) is 10.2 Å². The molecule has 0 spiro atoms. The van der Waals surface area contributed by atoms with Gasteiger partial charge >= 0.3 is 0 Å². The van der Waals surface area contributed by atoms with Gasteiger partial charge in [-0.1, -0.05) is 0 Å². The molecule has 0 atom stereocenters. The lowest BCUT2D eigenvalue weighted by molar-refractivity contribution is 0.0644. The quantitative estimate of drug-likeness (QED) is 0.589. The lowest BCUT2D eigenvalue weighted by Crippen LogP contribution is -2.36. The first-order valence-corrected chi connectivity index (χ1v) is 6.42. The summed E-state index contributed by atoms with van der Waals surface area (Å²) >= 11 is 0. The molecule has 0 aromatic rings. The van der Waals surface area contributed by atoms with Crippen molar-refractivity contribution in [1.29, 1.82) is 0 Å². The smallest absolute Gasteiger partial charge is 0.0698 e. The van der Waals surface area contributed by atoms with Gasteiger partial charge in [-0.2, -0.15) is 0 Å². The minimum Gasteiger partial charge on any atom is -0.394 e. The number of piperidine rings is 1. The van der Waals surface area contributed by atoms with Crippen LogP contribution in [0.15, 0.2) is 0 Å². The molecule has 1 aliphatic rings. The van der Waals surface area contributed by atoms with Gasteiger partial charge in [0.2, 0.25) is 0 Å². The summed E-state index contributed by atoms with van der Waals surface area (Å²) in [6.45, 7) is 5.92. The average molecular weight is 230 g/mol. The molecule has 1 heterocycles. The van der Waals surface area contributed by atoms with Crippen molar-refractivity contribution in [3.8, 4) is 0 Å². The van der Waals surface area contributed by atoms with E-state index in [1.807, 2.05) is 7.05 Å². The third kappa shape index (κ3) is 5.80. The average Bonchev–Trinajstić information content (AvgIpc) is 2.33. The highest BCUT2D eigenvalue weighted by atomic mass is 16.5. The molecule has 16 heavy (non-hydrogen) atoms. The molecule has 0 aromatic carbocycles. The van der Waals surface area contributed by atoms with Gasteiger partial charge in [-0.05, 0) is 51.9 Å². The van der Waals surface area contributed by atoms with Crippen LogP contribution in [-0.4, -0.2) is 63.1 Å². The van der Waals surface area contributed by atoms with Crippen LogP contribution in [-0.2, 0) is 4.74 Å². The molecule has 1 fully saturated rings. The Morgan fingerprint density at radius 3 is 2.69 bits per heavy atom. The van der Waals surface area contributed by atoms with Gasteiger partial charge in [-0.25, -0.2) is 0 Å². The predicted octanol–water partition coefficient (Wildman–Crippen LogP) is 0.317. The summed E-state index contributed by atoms with van der Waals surface area (Å²) in [7, 11) is 2.02. The first-order chi connectivity index (χ1) is 7.86. The van der Waals surface area contributed by atoms with Crippen molar-refractivity contribution in [2.24, 2.45) is 5.92 Å². The van der Waals surface area contributed by atoms with Crippen LogP contribution in [0.3, 0.4) is 0 Å². The molecule has 1 saturated heterocycles. The Balaban J connectivity index is 1.98. The Bertz CT molecular complexity index is 159. The monoisotopic (exact) mass is 230 g/mol. The second-order valence-corrected chi connectivity index (χ2v) is 4.51. The number of nitrogens with zero attached hydrogens (tertiary/aromatic N) is 1. The van der Waals surface area contributed by atoms with Gasteiger partial charge in [0.1, 0.15) is 0 Å². The lowest BCUT2D eigenvalue weighted by Gasteiger charge is -2.31. The van der Waals surface area contributed by atoms with Gasteiger partial charge < -0.3 is 20.1 Å². The Kier molecular flexibility index (Phi) is 7.76. The molecule has 0 saturated carbocycles. The number of aliphatic hydroxyl groups excluding tert-OH is 1. The molecule has 0 radical (unpaired) electrons. The van der Waals surface area contributed by atoms with E-state index < -0.39 is 0 Å². The van der Waals surface area contributed by atoms with Gasteiger partial charge in [0.05, 0.1) is 19.8 Å². The molecule has 2 N–H and O–H groups in total. The third-order valence-electron chi connectivity index (χ3n) is 3.30. The lowest BCUT2D eigenvalue weighted by atomic mass is 9.93. The van der Waals surface area contributed by atoms with Gasteiger partial charge in [0.25, 0.3) is 0 Å². The molecule has 1 aliphatic heterocycles. The van der Waals surface area contributed by atoms with Crippen LogP contribution in [0, 0.1) is 5.92 Å². The predicted molar refractivity (Wildman–Crippen MR) is 65.6 cm³/mol. The van der Waals surface area contributed by atoms with Gasteiger partial charge in [-0.3, -0.25) is 0 Å². The maximum atomic E-state index is 8.58. The number of aliphatic hydroxyl groups is 1. The van der Waals surface area contributed by atoms with Gasteiger partial charge in [0, 0.05) is 6.54 Å². The van der Waals surface area contributed by atoms with E-state index in [4.69, 9.17) is 9.84 Å². The van der Waals surface area contributed by atoms with E-state index in [0.29, 0.717) is 6.61 Å². The highest BCUT2D eigenvalue weighted by molar-refractivity contribution is 4.72. The van der Waals surface area contributed by atoms with E-state index in [-0.39, 0.29) is 6.61 Å². The van der Waals surface area contributed by atoms with Crippen LogP contribution in [0.5, 0.6) is 0 Å². The van der Waals surface area contributed by atoms with E-state index in [1.165, 1.54) is 32.4 Å². The molecule has 96 valence electrons. The fraction of sp³-hybridized carbons (Fsp3) is 1.00. The highest BCUT2D eigenvalue weighted by Gasteiger charge is 2.18. The molecule has 1 rings (SSSR count). The number of hydrogen-bond acceptors (Lipinski definition) is 4. The van der Waals surface area contributed by atoms with E-state index in [9.17, 15) is 0 Å². The minimum absolute atomic E-state index is 0.131. The molecule has 4 nitrogen and oxygen atoms in total. The SMILES string of the molecule is CNCCC1CCN(CCOCCO)CC1. The summed E-state index contributed by atoms with van der Waals surface area (Å²) in [6.07, 6.45) is 3.95. The zero-order valence-corrected chi connectivity index (χ0v) is 10.5. The normalized spacial score (nSPS) is 19.1. The van der Waals surface area contributed by atoms with Gasteiger partial charge in [-0.15, -0.1) is 0 Å². The van der Waals surface area contributed by atoms with Crippen LogP contribution in [0.4, 0.5) is 0 Å². The fourth-order valence-electron chi connectivity index (χ4n) is 2.21. The Morgan fingerprint density at radius 1 is 1.31 bits per heavy atom. The van der Waals surface area contributed by atoms with Crippen molar-refractivity contribution in [3.05, 3.63) is 0 Å². The van der Waals surface area contributed by atoms with Crippen LogP contribution in [0.25, 0.3) is 0 Å². The van der Waals surface area contributed by atoms with Gasteiger partial charge in [0.15, 0.2) is 0 Å². The van der Waals surface area contributed by atoms with Crippen LogP contribution in [0.2, 0.25) is 0 Å². The van der Waals surface area contributed by atoms with Crippen molar-refractivity contribution < 1.29 is 9.84 Å². The molecule has 0 unspecified atom stereocenters. The summed E-state index contributed by atoms with van der Waals surface area (Å²) in [6, 6.07) is 0. The van der Waals surface area contributed by atoms with Crippen LogP contribution < -0.4 is 5.32 Å². The summed E-state index contributed by atoms with van der Waals surface area (Å²) in [5.41, 5.74) is 0. The summed E-state index contributed by atoms with van der Waals surface area (Å²) < 4.78 is 5.28. The number of rotatable bonds is 8. The molecular weight excluding hydrogens is 204 g/mol. The fourth-order valence-corrected chi connectivity index (χ4v) is 2.21. The molecule has 0 amide bonds. The van der Waals surface area contributed by atoms with Crippen molar-refractivity contribution >= 4 is 0 Å². The van der Waals surface area contributed by atoms with E-state index in [0.717, 1.165) is 25.6 Å². The Morgan fingerprint density at radius 2 is 2.06 bits per heavy atom. The maximum absolute atomic E-state index is 8.58.